The van der Waals surface area contributed by atoms with Crippen molar-refractivity contribution in [2.45, 2.75) is 20.0 Å². The molecule has 2 aromatic heterocycles. The summed E-state index contributed by atoms with van der Waals surface area (Å²) in [6.07, 6.45) is 1.61. The third kappa shape index (κ3) is 3.52. The molecule has 0 aliphatic rings. The van der Waals surface area contributed by atoms with Crippen molar-refractivity contribution in [1.29, 1.82) is 0 Å². The summed E-state index contributed by atoms with van der Waals surface area (Å²) in [6, 6.07) is 9.60. The van der Waals surface area contributed by atoms with Crippen LogP contribution in [0.4, 0.5) is 0 Å². The number of aromatic nitrogens is 2. The summed E-state index contributed by atoms with van der Waals surface area (Å²) in [5, 5.41) is 15.0. The van der Waals surface area contributed by atoms with Gasteiger partial charge in [-0.25, -0.2) is 0 Å². The van der Waals surface area contributed by atoms with E-state index in [4.69, 9.17) is 10.9 Å². The first-order chi connectivity index (χ1) is 9.70. The topological polar surface area (TPSA) is 96.4 Å². The minimum atomic E-state index is 0.0103. The zero-order valence-corrected chi connectivity index (χ0v) is 11.2. The number of oxime groups is 1. The van der Waals surface area contributed by atoms with E-state index in [1.54, 1.807) is 6.20 Å². The maximum absolute atomic E-state index is 8.74. The van der Waals surface area contributed by atoms with E-state index in [0.29, 0.717) is 18.8 Å². The van der Waals surface area contributed by atoms with Crippen LogP contribution in [0, 0.1) is 6.92 Å². The van der Waals surface area contributed by atoms with Crippen molar-refractivity contribution in [2.24, 2.45) is 10.9 Å². The standard InChI is InChI=1S/C14H17N5O/c1-10-4-2-6-12(18-10)9-16-8-11-5-3-7-17-13(11)14(15)19-20/h2-7,16,20H,8-9H2,1H3,(H2,15,19). The Balaban J connectivity index is 2.01. The Morgan fingerprint density at radius 2 is 2.15 bits per heavy atom. The number of aryl methyl sites for hydroxylation is 1. The first kappa shape index (κ1) is 14.0. The molecule has 20 heavy (non-hydrogen) atoms. The van der Waals surface area contributed by atoms with Crippen LogP contribution in [0.25, 0.3) is 0 Å². The fourth-order valence-electron chi connectivity index (χ4n) is 1.88. The largest absolute Gasteiger partial charge is 0.409 e. The van der Waals surface area contributed by atoms with Crippen molar-refractivity contribution >= 4 is 5.84 Å². The second-order valence-corrected chi connectivity index (χ2v) is 4.37. The van der Waals surface area contributed by atoms with E-state index in [1.165, 1.54) is 0 Å². The second kappa shape index (κ2) is 6.63. The third-order valence-corrected chi connectivity index (χ3v) is 2.81. The maximum Gasteiger partial charge on any atom is 0.189 e. The lowest BCUT2D eigenvalue weighted by Gasteiger charge is -2.08. The van der Waals surface area contributed by atoms with Crippen LogP contribution in [-0.2, 0) is 13.1 Å². The van der Waals surface area contributed by atoms with Crippen LogP contribution in [-0.4, -0.2) is 21.0 Å². The number of amidine groups is 1. The summed E-state index contributed by atoms with van der Waals surface area (Å²) in [5.74, 6) is 0.0103. The van der Waals surface area contributed by atoms with Crippen LogP contribution in [0.3, 0.4) is 0 Å². The van der Waals surface area contributed by atoms with Crippen molar-refractivity contribution in [1.82, 2.24) is 15.3 Å². The molecule has 0 amide bonds. The summed E-state index contributed by atoms with van der Waals surface area (Å²) in [4.78, 5) is 8.53. The molecular formula is C14H17N5O. The Kier molecular flexibility index (Phi) is 4.62. The Labute approximate surface area is 117 Å². The molecule has 0 fully saturated rings. The molecule has 0 aromatic carbocycles. The van der Waals surface area contributed by atoms with Crippen LogP contribution in [0.15, 0.2) is 41.7 Å². The van der Waals surface area contributed by atoms with E-state index < -0.39 is 0 Å². The lowest BCUT2D eigenvalue weighted by Crippen LogP contribution is -2.21. The second-order valence-electron chi connectivity index (χ2n) is 4.37. The van der Waals surface area contributed by atoms with Crippen molar-refractivity contribution in [2.75, 3.05) is 0 Å². The number of nitrogens with two attached hydrogens (primary N) is 1. The molecule has 2 heterocycles. The van der Waals surface area contributed by atoms with E-state index in [0.717, 1.165) is 17.0 Å². The highest BCUT2D eigenvalue weighted by Crippen LogP contribution is 2.05. The SMILES string of the molecule is Cc1cccc(CNCc2cccnc2C(N)=NO)n1. The molecule has 104 valence electrons. The van der Waals surface area contributed by atoms with Crippen molar-refractivity contribution < 1.29 is 5.21 Å². The molecule has 0 saturated heterocycles. The minimum Gasteiger partial charge on any atom is -0.409 e. The average molecular weight is 271 g/mol. The van der Waals surface area contributed by atoms with Gasteiger partial charge in [0.15, 0.2) is 5.84 Å². The zero-order chi connectivity index (χ0) is 14.4. The maximum atomic E-state index is 8.74. The van der Waals surface area contributed by atoms with Gasteiger partial charge in [0.1, 0.15) is 5.69 Å². The van der Waals surface area contributed by atoms with Crippen LogP contribution in [0.5, 0.6) is 0 Å². The Hall–Kier alpha value is -2.47. The van der Waals surface area contributed by atoms with E-state index >= 15 is 0 Å². The number of hydrogen-bond donors (Lipinski definition) is 3. The molecule has 2 aromatic rings. The highest BCUT2D eigenvalue weighted by molar-refractivity contribution is 5.96. The molecule has 0 aliphatic heterocycles. The smallest absolute Gasteiger partial charge is 0.189 e. The molecule has 0 saturated carbocycles. The third-order valence-electron chi connectivity index (χ3n) is 2.81. The van der Waals surface area contributed by atoms with Crippen molar-refractivity contribution in [3.8, 4) is 0 Å². The summed E-state index contributed by atoms with van der Waals surface area (Å²) in [7, 11) is 0. The van der Waals surface area contributed by atoms with Gasteiger partial charge in [-0.3, -0.25) is 9.97 Å². The van der Waals surface area contributed by atoms with Crippen LogP contribution in [0.2, 0.25) is 0 Å². The molecule has 6 heteroatoms. The molecular weight excluding hydrogens is 254 g/mol. The fourth-order valence-corrected chi connectivity index (χ4v) is 1.88. The lowest BCUT2D eigenvalue weighted by molar-refractivity contribution is 0.318. The summed E-state index contributed by atoms with van der Waals surface area (Å²) < 4.78 is 0. The summed E-state index contributed by atoms with van der Waals surface area (Å²) in [5.41, 5.74) is 8.91. The average Bonchev–Trinajstić information content (AvgIpc) is 2.47. The first-order valence-electron chi connectivity index (χ1n) is 6.25. The molecule has 4 N–H and O–H groups in total. The van der Waals surface area contributed by atoms with Gasteiger partial charge in [0.25, 0.3) is 0 Å². The van der Waals surface area contributed by atoms with Crippen molar-refractivity contribution in [3.05, 3.63) is 59.2 Å². The number of rotatable bonds is 5. The quantitative estimate of drug-likeness (QED) is 0.328. The van der Waals surface area contributed by atoms with E-state index in [-0.39, 0.29) is 5.84 Å². The molecule has 0 atom stereocenters. The number of pyridine rings is 2. The number of hydrogen-bond acceptors (Lipinski definition) is 5. The summed E-state index contributed by atoms with van der Waals surface area (Å²) in [6.45, 7) is 3.17. The van der Waals surface area contributed by atoms with E-state index in [2.05, 4.69) is 20.4 Å². The molecule has 6 nitrogen and oxygen atoms in total. The van der Waals surface area contributed by atoms with Gasteiger partial charge >= 0.3 is 0 Å². The molecule has 0 aliphatic carbocycles. The Morgan fingerprint density at radius 3 is 2.90 bits per heavy atom. The number of nitrogens with zero attached hydrogens (tertiary/aromatic N) is 3. The van der Waals surface area contributed by atoms with Crippen LogP contribution in [0.1, 0.15) is 22.6 Å². The normalized spacial score (nSPS) is 11.6. The monoisotopic (exact) mass is 271 g/mol. The van der Waals surface area contributed by atoms with Gasteiger partial charge < -0.3 is 16.3 Å². The van der Waals surface area contributed by atoms with E-state index in [9.17, 15) is 0 Å². The number of nitrogens with one attached hydrogen (secondary N) is 1. The predicted octanol–water partition coefficient (Wildman–Crippen LogP) is 1.17. The fraction of sp³-hybridized carbons (Fsp3) is 0.214. The molecule has 0 spiro atoms. The van der Waals surface area contributed by atoms with Gasteiger partial charge in [-0.05, 0) is 30.7 Å². The Morgan fingerprint density at radius 1 is 1.30 bits per heavy atom. The van der Waals surface area contributed by atoms with Crippen LogP contribution < -0.4 is 11.1 Å². The zero-order valence-electron chi connectivity index (χ0n) is 11.2. The van der Waals surface area contributed by atoms with Gasteiger partial charge in [0.2, 0.25) is 0 Å². The lowest BCUT2D eigenvalue weighted by atomic mass is 10.2. The molecule has 0 bridgehead atoms. The highest BCUT2D eigenvalue weighted by Gasteiger charge is 2.07. The minimum absolute atomic E-state index is 0.0103. The van der Waals surface area contributed by atoms with Gasteiger partial charge in [0, 0.05) is 25.0 Å². The van der Waals surface area contributed by atoms with Gasteiger partial charge in [-0.2, -0.15) is 0 Å². The van der Waals surface area contributed by atoms with Crippen molar-refractivity contribution in [3.63, 3.8) is 0 Å². The Bertz CT molecular complexity index is 612. The molecule has 2 rings (SSSR count). The summed E-state index contributed by atoms with van der Waals surface area (Å²) >= 11 is 0. The first-order valence-corrected chi connectivity index (χ1v) is 6.25. The van der Waals surface area contributed by atoms with Crippen LogP contribution >= 0.6 is 0 Å². The van der Waals surface area contributed by atoms with Gasteiger partial charge in [0.05, 0.1) is 5.69 Å². The van der Waals surface area contributed by atoms with Gasteiger partial charge in [-0.15, -0.1) is 0 Å². The molecule has 0 unspecified atom stereocenters. The van der Waals surface area contributed by atoms with E-state index in [1.807, 2.05) is 37.3 Å². The highest BCUT2D eigenvalue weighted by atomic mass is 16.4. The molecule has 0 radical (unpaired) electrons. The van der Waals surface area contributed by atoms with Gasteiger partial charge in [-0.1, -0.05) is 17.3 Å². The predicted molar refractivity (Wildman–Crippen MR) is 76.3 cm³/mol.